The Kier molecular flexibility index (Phi) is 4.94. The third kappa shape index (κ3) is 3.47. The lowest BCUT2D eigenvalue weighted by Gasteiger charge is -2.23. The van der Waals surface area contributed by atoms with Crippen LogP contribution >= 0.6 is 23.2 Å². The number of hydrogen-bond acceptors (Lipinski definition) is 7. The summed E-state index contributed by atoms with van der Waals surface area (Å²) in [6.07, 6.45) is 3.90. The van der Waals surface area contributed by atoms with Crippen molar-refractivity contribution in [2.75, 3.05) is 25.0 Å². The highest BCUT2D eigenvalue weighted by molar-refractivity contribution is 6.42. The molecule has 4 rings (SSSR count). The molecule has 1 N–H and O–H groups in total. The van der Waals surface area contributed by atoms with Gasteiger partial charge in [0.1, 0.15) is 11.8 Å². The van der Waals surface area contributed by atoms with Gasteiger partial charge in [-0.3, -0.25) is 0 Å². The van der Waals surface area contributed by atoms with E-state index in [0.29, 0.717) is 23.0 Å². The minimum Gasteiger partial charge on any atom is -0.434 e. The first-order valence-electron chi connectivity index (χ1n) is 8.27. The van der Waals surface area contributed by atoms with Crippen molar-refractivity contribution < 1.29 is 9.13 Å². The van der Waals surface area contributed by atoms with E-state index >= 15 is 0 Å². The second kappa shape index (κ2) is 7.38. The molecular weight excluding hydrogens is 394 g/mol. The summed E-state index contributed by atoms with van der Waals surface area (Å²) in [5, 5.41) is 3.20. The van der Waals surface area contributed by atoms with Crippen LogP contribution in [0.5, 0.6) is 11.6 Å². The molecule has 0 bridgehead atoms. The molecule has 1 aromatic carbocycles. The molecule has 0 radical (unpaired) electrons. The lowest BCUT2D eigenvalue weighted by Crippen LogP contribution is -2.34. The molecule has 1 unspecified atom stereocenters. The van der Waals surface area contributed by atoms with Gasteiger partial charge in [0, 0.05) is 19.6 Å². The van der Waals surface area contributed by atoms with E-state index in [2.05, 4.69) is 25.3 Å². The summed E-state index contributed by atoms with van der Waals surface area (Å²) in [6, 6.07) is 3.13. The number of nitrogens with zero attached hydrogens (tertiary/aromatic N) is 5. The molecule has 27 heavy (non-hydrogen) atoms. The third-order valence-corrected chi connectivity index (χ3v) is 5.22. The van der Waals surface area contributed by atoms with Crippen molar-refractivity contribution in [3.63, 3.8) is 0 Å². The van der Waals surface area contributed by atoms with Crippen molar-refractivity contribution in [2.45, 2.75) is 12.5 Å². The number of likely N-dealkylation sites (N-methyl/N-ethyl adjacent to an activating group) is 1. The molecule has 1 saturated heterocycles. The second-order valence-electron chi connectivity index (χ2n) is 6.12. The summed E-state index contributed by atoms with van der Waals surface area (Å²) >= 11 is 11.7. The van der Waals surface area contributed by atoms with Gasteiger partial charge in [-0.2, -0.15) is 4.98 Å². The molecule has 3 aromatic rings. The van der Waals surface area contributed by atoms with E-state index in [-0.39, 0.29) is 21.7 Å². The molecule has 3 heterocycles. The first kappa shape index (κ1) is 18.1. The van der Waals surface area contributed by atoms with Crippen molar-refractivity contribution in [3.05, 3.63) is 40.5 Å². The Morgan fingerprint density at radius 3 is 2.89 bits per heavy atom. The van der Waals surface area contributed by atoms with Gasteiger partial charge >= 0.3 is 0 Å². The Bertz CT molecular complexity index is 999. The maximum Gasteiger partial charge on any atom is 0.249 e. The van der Waals surface area contributed by atoms with Crippen LogP contribution in [0.4, 0.5) is 10.3 Å². The van der Waals surface area contributed by atoms with E-state index in [9.17, 15) is 4.39 Å². The Hall–Kier alpha value is -2.29. The predicted octanol–water partition coefficient (Wildman–Crippen LogP) is 3.46. The van der Waals surface area contributed by atoms with Crippen molar-refractivity contribution in [1.82, 2.24) is 25.3 Å². The van der Waals surface area contributed by atoms with Crippen molar-refractivity contribution in [2.24, 2.45) is 0 Å². The van der Waals surface area contributed by atoms with Gasteiger partial charge < -0.3 is 15.0 Å². The standard InChI is InChI=1S/C17H15Cl2FN6O/c1-26(9-4-5-21-6-9)17-22-7-11-15(25-17)16(24-8-23-11)27-12-3-2-10(18)13(19)14(12)20/h2-3,7-9,21H,4-6H2,1H3. The van der Waals surface area contributed by atoms with E-state index in [4.69, 9.17) is 27.9 Å². The summed E-state index contributed by atoms with van der Waals surface area (Å²) in [4.78, 5) is 19.2. The number of hydrogen-bond donors (Lipinski definition) is 1. The number of halogens is 3. The third-order valence-electron chi connectivity index (χ3n) is 4.43. The zero-order valence-corrected chi connectivity index (χ0v) is 15.8. The molecule has 1 atom stereocenters. The smallest absolute Gasteiger partial charge is 0.249 e. The second-order valence-corrected chi connectivity index (χ2v) is 6.90. The van der Waals surface area contributed by atoms with Gasteiger partial charge in [-0.1, -0.05) is 23.2 Å². The SMILES string of the molecule is CN(c1ncc2ncnc(Oc3ccc(Cl)c(Cl)c3F)c2n1)C1CCNC1. The highest BCUT2D eigenvalue weighted by Gasteiger charge is 2.22. The molecule has 0 spiro atoms. The van der Waals surface area contributed by atoms with Crippen LogP contribution in [-0.2, 0) is 0 Å². The summed E-state index contributed by atoms with van der Waals surface area (Å²) in [5.41, 5.74) is 0.868. The number of rotatable bonds is 4. The summed E-state index contributed by atoms with van der Waals surface area (Å²) in [7, 11) is 1.93. The number of fused-ring (bicyclic) bond motifs is 1. The molecule has 0 saturated carbocycles. The van der Waals surface area contributed by atoms with Gasteiger partial charge in [0.05, 0.1) is 16.2 Å². The van der Waals surface area contributed by atoms with Crippen LogP contribution < -0.4 is 15.0 Å². The zero-order chi connectivity index (χ0) is 19.0. The first-order chi connectivity index (χ1) is 13.0. The molecule has 1 aliphatic rings. The average Bonchev–Trinajstić information content (AvgIpc) is 3.22. The molecule has 7 nitrogen and oxygen atoms in total. The van der Waals surface area contributed by atoms with Crippen LogP contribution in [0.2, 0.25) is 10.0 Å². The molecule has 0 amide bonds. The Balaban J connectivity index is 1.72. The van der Waals surface area contributed by atoms with Crippen molar-refractivity contribution in [3.8, 4) is 11.6 Å². The van der Waals surface area contributed by atoms with Gasteiger partial charge in [-0.05, 0) is 25.1 Å². The van der Waals surface area contributed by atoms with E-state index in [0.717, 1.165) is 19.5 Å². The quantitative estimate of drug-likeness (QED) is 0.662. The van der Waals surface area contributed by atoms with Gasteiger partial charge in [-0.15, -0.1) is 0 Å². The first-order valence-corrected chi connectivity index (χ1v) is 9.03. The molecule has 10 heteroatoms. The molecule has 1 aliphatic heterocycles. The largest absolute Gasteiger partial charge is 0.434 e. The van der Waals surface area contributed by atoms with Crippen LogP contribution in [0, 0.1) is 5.82 Å². The van der Waals surface area contributed by atoms with Crippen LogP contribution in [0.1, 0.15) is 6.42 Å². The molecule has 140 valence electrons. The van der Waals surface area contributed by atoms with E-state index in [1.165, 1.54) is 18.5 Å². The number of anilines is 1. The fourth-order valence-electron chi connectivity index (χ4n) is 2.89. The van der Waals surface area contributed by atoms with E-state index in [1.54, 1.807) is 6.20 Å². The summed E-state index contributed by atoms with van der Waals surface area (Å²) < 4.78 is 20.0. The maximum absolute atomic E-state index is 14.3. The van der Waals surface area contributed by atoms with Gasteiger partial charge in [0.25, 0.3) is 0 Å². The monoisotopic (exact) mass is 408 g/mol. The topological polar surface area (TPSA) is 76.1 Å². The average molecular weight is 409 g/mol. The Labute approximate surface area is 164 Å². The number of nitrogens with one attached hydrogen (secondary N) is 1. The molecule has 2 aromatic heterocycles. The summed E-state index contributed by atoms with van der Waals surface area (Å²) in [5.74, 6) is -0.235. The zero-order valence-electron chi connectivity index (χ0n) is 14.3. The van der Waals surface area contributed by atoms with Crippen LogP contribution in [-0.4, -0.2) is 46.1 Å². The lowest BCUT2D eigenvalue weighted by atomic mass is 10.2. The number of benzene rings is 1. The minimum atomic E-state index is -0.764. The molecule has 1 fully saturated rings. The highest BCUT2D eigenvalue weighted by atomic mass is 35.5. The van der Waals surface area contributed by atoms with E-state index < -0.39 is 5.82 Å². The Morgan fingerprint density at radius 2 is 2.11 bits per heavy atom. The maximum atomic E-state index is 14.3. The van der Waals surface area contributed by atoms with Gasteiger partial charge in [0.15, 0.2) is 17.1 Å². The predicted molar refractivity (Wildman–Crippen MR) is 101 cm³/mol. The van der Waals surface area contributed by atoms with Crippen molar-refractivity contribution >= 4 is 40.2 Å². The van der Waals surface area contributed by atoms with Gasteiger partial charge in [0.2, 0.25) is 11.8 Å². The minimum absolute atomic E-state index is 0.0992. The fourth-order valence-corrected chi connectivity index (χ4v) is 3.19. The highest BCUT2D eigenvalue weighted by Crippen LogP contribution is 2.34. The number of ether oxygens (including phenoxy) is 1. The summed E-state index contributed by atoms with van der Waals surface area (Å²) in [6.45, 7) is 1.82. The normalized spacial score (nSPS) is 16.7. The van der Waals surface area contributed by atoms with Crippen LogP contribution in [0.3, 0.4) is 0 Å². The Morgan fingerprint density at radius 1 is 1.26 bits per heavy atom. The van der Waals surface area contributed by atoms with Crippen LogP contribution in [0.15, 0.2) is 24.7 Å². The van der Waals surface area contributed by atoms with E-state index in [1.807, 2.05) is 11.9 Å². The fraction of sp³-hybridized carbons (Fsp3) is 0.294. The number of aromatic nitrogens is 4. The molecular formula is C17H15Cl2FN6O. The van der Waals surface area contributed by atoms with Crippen LogP contribution in [0.25, 0.3) is 11.0 Å². The lowest BCUT2D eigenvalue weighted by molar-refractivity contribution is 0.431. The van der Waals surface area contributed by atoms with Crippen molar-refractivity contribution in [1.29, 1.82) is 0 Å². The molecule has 0 aliphatic carbocycles. The van der Waals surface area contributed by atoms with Gasteiger partial charge in [-0.25, -0.2) is 19.3 Å².